The van der Waals surface area contributed by atoms with Crippen LogP contribution in [-0.4, -0.2) is 20.1 Å². The maximum Gasteiger partial charge on any atom is 0.206 e. The van der Waals surface area contributed by atoms with E-state index in [9.17, 15) is 13.5 Å². The molecule has 1 aromatic heterocycles. The molecule has 0 saturated carbocycles. The summed E-state index contributed by atoms with van der Waals surface area (Å²) >= 11 is 0. The summed E-state index contributed by atoms with van der Waals surface area (Å²) in [5.41, 5.74) is 2.06. The highest BCUT2D eigenvalue weighted by Gasteiger charge is 2.25. The van der Waals surface area contributed by atoms with Crippen molar-refractivity contribution in [2.24, 2.45) is 0 Å². The molecule has 5 nitrogen and oxygen atoms in total. The minimum atomic E-state index is -3.71. The molecule has 0 fully saturated rings. The summed E-state index contributed by atoms with van der Waals surface area (Å²) < 4.78 is 32.5. The first-order chi connectivity index (χ1) is 12.7. The number of hydrogen-bond donors (Lipinski definition) is 2. The van der Waals surface area contributed by atoms with E-state index < -0.39 is 15.4 Å². The molecule has 3 aromatic rings. The molecular formula is C21H23NO4S. The highest BCUT2D eigenvalue weighted by Crippen LogP contribution is 2.34. The second kappa shape index (κ2) is 6.19. The van der Waals surface area contributed by atoms with Crippen LogP contribution in [0.15, 0.2) is 50.6 Å². The van der Waals surface area contributed by atoms with Gasteiger partial charge in [0.2, 0.25) is 9.84 Å². The Morgan fingerprint density at radius 1 is 1.15 bits per heavy atom. The molecule has 1 aliphatic heterocycles. The predicted octanol–water partition coefficient (Wildman–Crippen LogP) is 3.45. The molecular weight excluding hydrogens is 362 g/mol. The lowest BCUT2D eigenvalue weighted by Gasteiger charge is -2.18. The van der Waals surface area contributed by atoms with Crippen molar-refractivity contribution in [2.75, 3.05) is 6.54 Å². The fourth-order valence-electron chi connectivity index (χ4n) is 3.58. The van der Waals surface area contributed by atoms with Gasteiger partial charge in [0.15, 0.2) is 0 Å². The van der Waals surface area contributed by atoms with Gasteiger partial charge in [0, 0.05) is 30.5 Å². The van der Waals surface area contributed by atoms with Crippen molar-refractivity contribution in [3.05, 3.63) is 58.8 Å². The van der Waals surface area contributed by atoms with E-state index in [1.807, 2.05) is 6.92 Å². The summed E-state index contributed by atoms with van der Waals surface area (Å²) in [6.07, 6.45) is 0.805. The van der Waals surface area contributed by atoms with E-state index in [1.54, 1.807) is 50.2 Å². The average molecular weight is 385 g/mol. The highest BCUT2D eigenvalue weighted by molar-refractivity contribution is 7.91. The Hall–Kier alpha value is -2.15. The summed E-state index contributed by atoms with van der Waals surface area (Å²) in [7, 11) is -3.71. The number of furan rings is 1. The van der Waals surface area contributed by atoms with Crippen LogP contribution >= 0.6 is 0 Å². The molecule has 4 rings (SSSR count). The Labute approximate surface area is 158 Å². The molecule has 0 spiro atoms. The van der Waals surface area contributed by atoms with Crippen molar-refractivity contribution in [1.29, 1.82) is 0 Å². The molecule has 27 heavy (non-hydrogen) atoms. The van der Waals surface area contributed by atoms with Crippen molar-refractivity contribution in [1.82, 2.24) is 5.32 Å². The molecule has 0 unspecified atom stereocenters. The number of rotatable bonds is 3. The van der Waals surface area contributed by atoms with Gasteiger partial charge in [-0.2, -0.15) is 0 Å². The van der Waals surface area contributed by atoms with Gasteiger partial charge in [-0.05, 0) is 56.2 Å². The smallest absolute Gasteiger partial charge is 0.206 e. The van der Waals surface area contributed by atoms with Crippen molar-refractivity contribution < 1.29 is 17.9 Å². The monoisotopic (exact) mass is 385 g/mol. The van der Waals surface area contributed by atoms with Crippen LogP contribution in [-0.2, 0) is 28.4 Å². The van der Waals surface area contributed by atoms with Gasteiger partial charge >= 0.3 is 0 Å². The number of hydrogen-bond acceptors (Lipinski definition) is 5. The van der Waals surface area contributed by atoms with Crippen molar-refractivity contribution in [2.45, 2.75) is 49.1 Å². The molecule has 2 aromatic carbocycles. The van der Waals surface area contributed by atoms with Gasteiger partial charge in [-0.3, -0.25) is 0 Å². The molecule has 0 amide bonds. The van der Waals surface area contributed by atoms with Crippen LogP contribution in [0.5, 0.6) is 0 Å². The molecule has 0 bridgehead atoms. The Balaban J connectivity index is 1.89. The van der Waals surface area contributed by atoms with Crippen LogP contribution in [0.3, 0.4) is 0 Å². The summed E-state index contributed by atoms with van der Waals surface area (Å²) in [5.74, 6) is 0.936. The van der Waals surface area contributed by atoms with E-state index in [4.69, 9.17) is 4.42 Å². The van der Waals surface area contributed by atoms with Crippen LogP contribution in [0.4, 0.5) is 0 Å². The van der Waals surface area contributed by atoms with Crippen LogP contribution in [0.2, 0.25) is 0 Å². The minimum absolute atomic E-state index is 0.177. The fourth-order valence-corrected chi connectivity index (χ4v) is 5.00. The lowest BCUT2D eigenvalue weighted by Crippen LogP contribution is -2.22. The number of sulfone groups is 1. The van der Waals surface area contributed by atoms with E-state index in [1.165, 1.54) is 0 Å². The molecule has 142 valence electrons. The van der Waals surface area contributed by atoms with Crippen molar-refractivity contribution in [3.63, 3.8) is 0 Å². The first-order valence-electron chi connectivity index (χ1n) is 9.01. The molecule has 0 radical (unpaired) electrons. The summed E-state index contributed by atoms with van der Waals surface area (Å²) in [6.45, 7) is 6.69. The Bertz CT molecular complexity index is 1140. The third-order valence-corrected chi connectivity index (χ3v) is 6.86. The van der Waals surface area contributed by atoms with E-state index in [0.29, 0.717) is 12.1 Å². The Morgan fingerprint density at radius 3 is 2.67 bits per heavy atom. The zero-order valence-corrected chi connectivity index (χ0v) is 16.5. The second-order valence-corrected chi connectivity index (χ2v) is 9.59. The number of benzene rings is 2. The largest absolute Gasteiger partial charge is 0.460 e. The van der Waals surface area contributed by atoms with Gasteiger partial charge in [-0.25, -0.2) is 8.42 Å². The molecule has 1 aliphatic rings. The molecule has 0 saturated heterocycles. The lowest BCUT2D eigenvalue weighted by molar-refractivity contribution is 0.0784. The molecule has 2 heterocycles. The SMILES string of the molecule is Cc1cc(S(=O)(=O)c2cccc(C(C)(C)O)c2)cc2c3c(oc12)CCNC3. The van der Waals surface area contributed by atoms with Crippen LogP contribution < -0.4 is 5.32 Å². The van der Waals surface area contributed by atoms with Gasteiger partial charge in [0.1, 0.15) is 11.3 Å². The van der Waals surface area contributed by atoms with Crippen molar-refractivity contribution in [3.8, 4) is 0 Å². The average Bonchev–Trinajstić information content (AvgIpc) is 3.01. The number of nitrogens with one attached hydrogen (secondary N) is 1. The highest BCUT2D eigenvalue weighted by atomic mass is 32.2. The van der Waals surface area contributed by atoms with E-state index in [2.05, 4.69) is 5.32 Å². The summed E-state index contributed by atoms with van der Waals surface area (Å²) in [6, 6.07) is 9.87. The Morgan fingerprint density at radius 2 is 1.93 bits per heavy atom. The zero-order valence-electron chi connectivity index (χ0n) is 15.7. The first-order valence-corrected chi connectivity index (χ1v) is 10.5. The van der Waals surface area contributed by atoms with Gasteiger partial charge in [0.25, 0.3) is 0 Å². The first kappa shape index (κ1) is 18.2. The number of fused-ring (bicyclic) bond motifs is 3. The van der Waals surface area contributed by atoms with Crippen LogP contribution in [0.1, 0.15) is 36.3 Å². The zero-order chi connectivity index (χ0) is 19.4. The fraction of sp³-hybridized carbons (Fsp3) is 0.333. The Kier molecular flexibility index (Phi) is 4.18. The molecule has 0 aliphatic carbocycles. The third kappa shape index (κ3) is 3.08. The van der Waals surface area contributed by atoms with Gasteiger partial charge < -0.3 is 14.8 Å². The van der Waals surface area contributed by atoms with E-state index >= 15 is 0 Å². The van der Waals surface area contributed by atoms with E-state index in [0.717, 1.165) is 40.8 Å². The third-order valence-electron chi connectivity index (χ3n) is 5.13. The quantitative estimate of drug-likeness (QED) is 0.722. The summed E-state index contributed by atoms with van der Waals surface area (Å²) in [4.78, 5) is 0.422. The number of aryl methyl sites for hydroxylation is 1. The van der Waals surface area contributed by atoms with Gasteiger partial charge in [-0.15, -0.1) is 0 Å². The minimum Gasteiger partial charge on any atom is -0.460 e. The van der Waals surface area contributed by atoms with Crippen LogP contribution in [0.25, 0.3) is 11.0 Å². The molecule has 0 atom stereocenters. The standard InChI is InChI=1S/C21H23NO4S/c1-13-9-16(11-17-18-12-22-8-7-19(18)26-20(13)17)27(24,25)15-6-4-5-14(10-15)21(2,3)23/h4-6,9-11,22-23H,7-8,12H2,1-3H3. The van der Waals surface area contributed by atoms with Gasteiger partial charge in [0.05, 0.1) is 15.4 Å². The predicted molar refractivity (Wildman–Crippen MR) is 104 cm³/mol. The lowest BCUT2D eigenvalue weighted by atomic mass is 9.99. The van der Waals surface area contributed by atoms with Gasteiger partial charge in [-0.1, -0.05) is 12.1 Å². The van der Waals surface area contributed by atoms with E-state index in [-0.39, 0.29) is 9.79 Å². The normalized spacial score (nSPS) is 15.1. The van der Waals surface area contributed by atoms with Crippen molar-refractivity contribution >= 4 is 20.8 Å². The molecule has 6 heteroatoms. The number of aliphatic hydroxyl groups is 1. The van der Waals surface area contributed by atoms with Crippen LogP contribution in [0, 0.1) is 6.92 Å². The maximum atomic E-state index is 13.3. The molecule has 2 N–H and O–H groups in total. The maximum absolute atomic E-state index is 13.3. The summed E-state index contributed by atoms with van der Waals surface area (Å²) in [5, 5.41) is 14.4. The topological polar surface area (TPSA) is 79.5 Å². The second-order valence-electron chi connectivity index (χ2n) is 7.64.